The largest absolute Gasteiger partial charge is 0.488 e. The van der Waals surface area contributed by atoms with E-state index in [1.807, 2.05) is 18.7 Å². The van der Waals surface area contributed by atoms with Gasteiger partial charge in [0, 0.05) is 81.2 Å². The Balaban J connectivity index is 1.60. The standard InChI is InChI=1S/C32H32F3N7O3S2/c1-5-17(2)42-18(3)11-40(12-19(42)4)29-22-10-24(32(33,34)35)26(23-15-46-16-25(23)38-30(36)43)28-27(22)41(31(44)39-29)13-21(14-47-28)45-20-6-8-37-9-7-20/h5-10,15-16,18-19,21H,1-2,11-14H2,3-4H3,(H3,36,38,43)/t18-,19+,21?. The predicted molar refractivity (Wildman–Crippen MR) is 179 cm³/mol. The number of thiophene rings is 1. The molecule has 2 amide bonds. The number of ether oxygens (including phenoxy) is 1. The Morgan fingerprint density at radius 1 is 1.17 bits per heavy atom. The average Bonchev–Trinajstić information content (AvgIpc) is 3.37. The van der Waals surface area contributed by atoms with Gasteiger partial charge in [-0.3, -0.25) is 9.55 Å². The average molecular weight is 684 g/mol. The van der Waals surface area contributed by atoms with E-state index in [0.717, 1.165) is 23.1 Å². The number of piperazine rings is 1. The summed E-state index contributed by atoms with van der Waals surface area (Å²) in [6.45, 7) is 12.7. The Bertz CT molecular complexity index is 1920. The summed E-state index contributed by atoms with van der Waals surface area (Å²) in [6, 6.07) is 3.32. The number of hydrogen-bond acceptors (Lipinski definition) is 9. The van der Waals surface area contributed by atoms with Crippen LogP contribution in [0, 0.1) is 0 Å². The fourth-order valence-corrected chi connectivity index (χ4v) is 8.45. The van der Waals surface area contributed by atoms with Gasteiger partial charge in [0.1, 0.15) is 17.7 Å². The van der Waals surface area contributed by atoms with Gasteiger partial charge in [0.05, 0.1) is 23.3 Å². The van der Waals surface area contributed by atoms with E-state index >= 15 is 13.2 Å². The number of halogens is 3. The number of alkyl halides is 3. The van der Waals surface area contributed by atoms with E-state index in [2.05, 4.69) is 33.3 Å². The molecule has 246 valence electrons. The van der Waals surface area contributed by atoms with Crippen molar-refractivity contribution in [2.24, 2.45) is 5.73 Å². The summed E-state index contributed by atoms with van der Waals surface area (Å²) >= 11 is 2.29. The first-order valence-corrected chi connectivity index (χ1v) is 16.7. The summed E-state index contributed by atoms with van der Waals surface area (Å²) in [7, 11) is 0. The molecule has 15 heteroatoms. The van der Waals surface area contributed by atoms with Gasteiger partial charge in [-0.15, -0.1) is 23.1 Å². The number of amides is 2. The smallest absolute Gasteiger partial charge is 0.417 e. The topological polar surface area (TPSA) is 119 Å². The Hall–Kier alpha value is -4.50. The van der Waals surface area contributed by atoms with Crippen LogP contribution in [0.25, 0.3) is 22.0 Å². The number of nitrogens with one attached hydrogen (secondary N) is 1. The van der Waals surface area contributed by atoms with Crippen LogP contribution in [0.3, 0.4) is 0 Å². The van der Waals surface area contributed by atoms with Crippen LogP contribution in [-0.4, -0.2) is 62.5 Å². The molecule has 10 nitrogen and oxygen atoms in total. The normalized spacial score (nSPS) is 19.7. The molecule has 1 fully saturated rings. The summed E-state index contributed by atoms with van der Waals surface area (Å²) in [5, 5.41) is 5.71. The second-order valence-corrected chi connectivity index (χ2v) is 13.3. The maximum atomic E-state index is 15.1. The molecule has 0 bridgehead atoms. The zero-order valence-corrected chi connectivity index (χ0v) is 27.2. The van der Waals surface area contributed by atoms with Gasteiger partial charge >= 0.3 is 17.9 Å². The first-order chi connectivity index (χ1) is 22.4. The number of benzene rings is 1. The van der Waals surface area contributed by atoms with Gasteiger partial charge in [-0.2, -0.15) is 18.2 Å². The molecule has 5 heterocycles. The minimum absolute atomic E-state index is 0.0471. The number of thioether (sulfide) groups is 1. The molecular weight excluding hydrogens is 652 g/mol. The molecule has 3 N–H and O–H groups in total. The number of pyridine rings is 1. The van der Waals surface area contributed by atoms with Crippen molar-refractivity contribution in [3.8, 4) is 16.9 Å². The first kappa shape index (κ1) is 32.4. The van der Waals surface area contributed by atoms with Crippen molar-refractivity contribution in [1.29, 1.82) is 0 Å². The number of carbonyl (C=O) groups excluding carboxylic acids is 1. The highest BCUT2D eigenvalue weighted by Crippen LogP contribution is 2.50. The lowest BCUT2D eigenvalue weighted by molar-refractivity contribution is -0.137. The van der Waals surface area contributed by atoms with E-state index in [1.54, 1.807) is 30.6 Å². The maximum absolute atomic E-state index is 15.1. The van der Waals surface area contributed by atoms with E-state index in [4.69, 9.17) is 10.5 Å². The molecule has 1 aromatic carbocycles. The SMILES string of the molecule is C=CC(=C)N1[C@H](C)CN(c2nc(=O)n3c4c(c(-c5cscc5NC(N)=O)c(C(F)(F)F)cc24)SCC(Oc2ccncc2)C3)C[C@@H]1C. The van der Waals surface area contributed by atoms with E-state index in [9.17, 15) is 9.59 Å². The van der Waals surface area contributed by atoms with Gasteiger partial charge in [0.2, 0.25) is 0 Å². The van der Waals surface area contributed by atoms with Crippen molar-refractivity contribution in [2.45, 2.75) is 49.7 Å². The monoisotopic (exact) mass is 683 g/mol. The summed E-state index contributed by atoms with van der Waals surface area (Å²) in [5.41, 5.74) is 5.06. The van der Waals surface area contributed by atoms with Crippen molar-refractivity contribution >= 4 is 51.5 Å². The molecule has 2 aliphatic rings. The number of nitrogens with two attached hydrogens (primary N) is 1. The fourth-order valence-electron chi connectivity index (χ4n) is 6.44. The highest BCUT2D eigenvalue weighted by Gasteiger charge is 2.40. The Labute approximate surface area is 276 Å². The molecular formula is C32H32F3N7O3S2. The maximum Gasteiger partial charge on any atom is 0.417 e. The van der Waals surface area contributed by atoms with Crippen molar-refractivity contribution in [3.05, 3.63) is 82.3 Å². The van der Waals surface area contributed by atoms with Crippen LogP contribution in [-0.2, 0) is 12.7 Å². The number of rotatable bonds is 7. The second kappa shape index (κ2) is 12.6. The number of hydrogen-bond donors (Lipinski definition) is 2. The third-order valence-corrected chi connectivity index (χ3v) is 10.2. The Morgan fingerprint density at radius 3 is 2.51 bits per heavy atom. The molecule has 4 aromatic rings. The van der Waals surface area contributed by atoms with E-state index in [0.29, 0.717) is 24.4 Å². The van der Waals surface area contributed by atoms with Crippen LogP contribution in [0.1, 0.15) is 19.4 Å². The third kappa shape index (κ3) is 6.16. The highest BCUT2D eigenvalue weighted by atomic mass is 32.2. The van der Waals surface area contributed by atoms with Crippen molar-refractivity contribution in [3.63, 3.8) is 0 Å². The highest BCUT2D eigenvalue weighted by molar-refractivity contribution is 7.99. The van der Waals surface area contributed by atoms with Gasteiger partial charge in [0.15, 0.2) is 0 Å². The van der Waals surface area contributed by atoms with Crippen LogP contribution >= 0.6 is 23.1 Å². The molecule has 0 radical (unpaired) electrons. The second-order valence-electron chi connectivity index (χ2n) is 11.5. The number of nitrogens with zero attached hydrogens (tertiary/aromatic N) is 5. The van der Waals surface area contributed by atoms with Crippen LogP contribution in [0.4, 0.5) is 29.5 Å². The van der Waals surface area contributed by atoms with E-state index < -0.39 is 29.6 Å². The minimum Gasteiger partial charge on any atom is -0.488 e. The molecule has 1 unspecified atom stereocenters. The summed E-state index contributed by atoms with van der Waals surface area (Å²) < 4.78 is 53.0. The van der Waals surface area contributed by atoms with Gasteiger partial charge in [-0.05, 0) is 38.1 Å². The summed E-state index contributed by atoms with van der Waals surface area (Å²) in [4.78, 5) is 38.5. The molecule has 1 saturated heterocycles. The van der Waals surface area contributed by atoms with Gasteiger partial charge < -0.3 is 25.6 Å². The lowest BCUT2D eigenvalue weighted by Crippen LogP contribution is -2.56. The zero-order chi connectivity index (χ0) is 33.6. The zero-order valence-electron chi connectivity index (χ0n) is 25.6. The molecule has 3 aromatic heterocycles. The lowest BCUT2D eigenvalue weighted by atomic mass is 9.97. The first-order valence-electron chi connectivity index (χ1n) is 14.7. The minimum atomic E-state index is -4.80. The van der Waals surface area contributed by atoms with Crippen molar-refractivity contribution < 1.29 is 22.7 Å². The van der Waals surface area contributed by atoms with Gasteiger partial charge in [0.25, 0.3) is 0 Å². The Morgan fingerprint density at radius 2 is 1.87 bits per heavy atom. The van der Waals surface area contributed by atoms with Crippen LogP contribution in [0.5, 0.6) is 5.75 Å². The summed E-state index contributed by atoms with van der Waals surface area (Å²) in [6.07, 6.45) is -0.587. The van der Waals surface area contributed by atoms with Crippen molar-refractivity contribution in [2.75, 3.05) is 29.1 Å². The fraction of sp³-hybridized carbons (Fsp3) is 0.312. The lowest BCUT2D eigenvalue weighted by Gasteiger charge is -2.46. The molecule has 47 heavy (non-hydrogen) atoms. The van der Waals surface area contributed by atoms with Gasteiger partial charge in [-0.1, -0.05) is 13.2 Å². The number of allylic oxidation sites excluding steroid dienone is 1. The van der Waals surface area contributed by atoms with E-state index in [-0.39, 0.29) is 57.3 Å². The number of primary amides is 1. The van der Waals surface area contributed by atoms with Crippen molar-refractivity contribution in [1.82, 2.24) is 19.4 Å². The quantitative estimate of drug-likeness (QED) is 0.222. The summed E-state index contributed by atoms with van der Waals surface area (Å²) in [5.74, 6) is 0.910. The van der Waals surface area contributed by atoms with E-state index in [1.165, 1.54) is 27.1 Å². The number of urea groups is 1. The van der Waals surface area contributed by atoms with Crippen LogP contribution < -0.4 is 26.4 Å². The molecule has 0 aliphatic carbocycles. The van der Waals surface area contributed by atoms with Crippen LogP contribution in [0.2, 0.25) is 0 Å². The molecule has 6 rings (SSSR count). The molecule has 0 saturated carbocycles. The Kier molecular flexibility index (Phi) is 8.70. The molecule has 0 spiro atoms. The molecule has 2 aliphatic heterocycles. The number of anilines is 2. The predicted octanol–water partition coefficient (Wildman–Crippen LogP) is 6.18. The number of carbonyl (C=O) groups is 1. The third-order valence-electron chi connectivity index (χ3n) is 8.23. The van der Waals surface area contributed by atoms with Gasteiger partial charge in [-0.25, -0.2) is 9.59 Å². The van der Waals surface area contributed by atoms with Crippen LogP contribution in [0.15, 0.2) is 76.0 Å². The molecule has 3 atom stereocenters. The number of aromatic nitrogens is 3.